The third-order valence-corrected chi connectivity index (χ3v) is 21.8. The topological polar surface area (TPSA) is 572 Å². The second-order valence-corrected chi connectivity index (χ2v) is 31.2. The number of unbranched alkanes of at least 4 members (excludes halogenated alkanes) is 4. The van der Waals surface area contributed by atoms with Crippen molar-refractivity contribution in [1.29, 1.82) is 0 Å². The highest BCUT2D eigenvalue weighted by atomic mass is 32.2. The van der Waals surface area contributed by atoms with Crippen LogP contribution in [0, 0.1) is 0 Å². The summed E-state index contributed by atoms with van der Waals surface area (Å²) in [6, 6.07) is 13.4. The van der Waals surface area contributed by atoms with E-state index >= 15 is 24.0 Å². The Hall–Kier alpha value is -10.0. The summed E-state index contributed by atoms with van der Waals surface area (Å²) in [6.45, 7) is 4.15. The van der Waals surface area contributed by atoms with E-state index in [1.165, 1.54) is 13.8 Å². The fraction of sp³-hybridized carbons (Fsp3) is 0.500. The van der Waals surface area contributed by atoms with E-state index in [1.807, 2.05) is 0 Å². The number of thioether (sulfide) groups is 2. The van der Waals surface area contributed by atoms with Gasteiger partial charge in [0.05, 0.1) is 42.6 Å². The van der Waals surface area contributed by atoms with Crippen LogP contribution in [0.1, 0.15) is 121 Å². The molecule has 1 aliphatic rings. The molecular weight excluding hydrogens is 1540 g/mol. The average Bonchev–Trinajstić information content (AvgIpc) is 1.75. The van der Waals surface area contributed by atoms with E-state index in [9.17, 15) is 63.6 Å². The van der Waals surface area contributed by atoms with Crippen LogP contribution in [0.25, 0.3) is 10.9 Å². The second kappa shape index (κ2) is 49.1. The number of H-pyrrole nitrogens is 1. The van der Waals surface area contributed by atoms with Crippen molar-refractivity contribution in [1.82, 2.24) is 63.5 Å². The Balaban J connectivity index is 1.50. The summed E-state index contributed by atoms with van der Waals surface area (Å²) in [4.78, 5) is 206. The number of aliphatic hydroxyl groups excluding tert-OH is 4. The molecule has 6 rings (SSSR count). The van der Waals surface area contributed by atoms with Crippen molar-refractivity contribution < 1.29 is 87.5 Å². The van der Waals surface area contributed by atoms with Gasteiger partial charge in [0, 0.05) is 61.5 Å². The number of fused-ring (bicyclic) bond motifs is 1. The standard InChI is InChI=1S/C80H112N16O18S2/c1-45(98)23-9-8-22-36-85-76(111)63-44-115-80(114)68(103)62(43-97)93-78(113)66(48(4)100)96-75(110)59(39-51-28-14-7-15-29-51)92-77(112)65(47(3)99)95-70(105)55(32-18-20-34-81)87-73(108)60(40-52-42-86-54-31-17-16-30-53(52)54)90-72(107)58(38-50-26-12-6-13-27-50)88-71(106)57(37-49-24-10-5-11-25-49)89-74(109)61(41-64(84)101)91-69(104)56(33-19-21-35-82)94-79(116-63)67(102)46(2)83/h5-7,10-17,24-31,42,46-48,55-63,65-66,79-80,86,94,97,99-100,114H,8-9,18-23,32-41,43-44,81-83H2,1-4H3,(H2,84,101)(H,85,111)(H,87,108)(H,88,106)(H,89,109)(H,90,107)(H,91,104)(H,92,112)(H,93,113)(H,95,105)(H,96,110)/t46-,47+,48+,55-,56-,57-,58-,59-,60-,61-,62-,63?,65-,66-,79?,80?/m0/s1. The average molecular weight is 1650 g/mol. The quantitative estimate of drug-likeness (QED) is 0.0219. The number of hydrogen-bond acceptors (Lipinski definition) is 24. The molecule has 632 valence electrons. The SMILES string of the molecule is CC(=O)CCCCCNC(=O)C1CSC(O)C(=O)[C@H](CO)NC(=O)[C@H]([C@@H](C)O)NC(=O)[C@H](Cc2ccccc2)NC(=O)[C@H]([C@@H](C)O)NC(=O)[C@H](CCCCN)NC(=O)[C@H](Cc2c[nH]c3ccccc23)NC(=O)[C@H](Cc2ccccc2)NC(=O)[C@H](Cc2ccccc2)NC(=O)[C@H](CC(N)=O)NC(=O)[C@H](CCCCN)NC(C(=O)[C@H](C)N)S1. The predicted molar refractivity (Wildman–Crippen MR) is 436 cm³/mol. The van der Waals surface area contributed by atoms with Crippen LogP contribution >= 0.6 is 23.5 Å². The molecule has 24 N–H and O–H groups in total. The highest BCUT2D eigenvalue weighted by molar-refractivity contribution is 8.05. The van der Waals surface area contributed by atoms with Crippen molar-refractivity contribution in [2.24, 2.45) is 22.9 Å². The van der Waals surface area contributed by atoms with Gasteiger partial charge in [0.2, 0.25) is 65.0 Å². The lowest BCUT2D eigenvalue weighted by Gasteiger charge is -2.30. The van der Waals surface area contributed by atoms with E-state index in [2.05, 4.69) is 63.5 Å². The Morgan fingerprint density at radius 2 is 0.931 bits per heavy atom. The molecule has 11 amide bonds. The number of carbonyl (C=O) groups is 14. The molecule has 0 aliphatic carbocycles. The van der Waals surface area contributed by atoms with Crippen LogP contribution in [0.3, 0.4) is 0 Å². The number of Topliss-reactive ketones (excluding diaryl/α,β-unsaturated/α-hetero) is 3. The smallest absolute Gasteiger partial charge is 0.245 e. The first-order valence-corrected chi connectivity index (χ1v) is 40.8. The number of aliphatic hydroxyl groups is 4. The summed E-state index contributed by atoms with van der Waals surface area (Å²) in [7, 11) is 0. The number of rotatable bonds is 30. The zero-order valence-corrected chi connectivity index (χ0v) is 67.2. The number of ketones is 3. The molecule has 36 heteroatoms. The first-order chi connectivity index (χ1) is 55.4. The predicted octanol–water partition coefficient (Wildman–Crippen LogP) is -2.11. The van der Waals surface area contributed by atoms with E-state index < -0.39 is 190 Å². The molecule has 0 saturated carbocycles. The Bertz CT molecular complexity index is 4090. The molecule has 4 aromatic carbocycles. The van der Waals surface area contributed by atoms with E-state index in [0.29, 0.717) is 88.8 Å². The number of nitrogens with one attached hydrogen (secondary N) is 12. The van der Waals surface area contributed by atoms with Crippen LogP contribution in [-0.4, -0.2) is 234 Å². The van der Waals surface area contributed by atoms with Crippen LogP contribution in [0.2, 0.25) is 0 Å². The van der Waals surface area contributed by atoms with Gasteiger partial charge in [-0.25, -0.2) is 0 Å². The van der Waals surface area contributed by atoms with Crippen LogP contribution in [0.4, 0.5) is 0 Å². The molecule has 3 unspecified atom stereocenters. The monoisotopic (exact) mass is 1650 g/mol. The van der Waals surface area contributed by atoms with Crippen molar-refractivity contribution in [3.8, 4) is 0 Å². The molecule has 116 heavy (non-hydrogen) atoms. The minimum atomic E-state index is -2.18. The van der Waals surface area contributed by atoms with Gasteiger partial charge in [-0.15, -0.1) is 23.5 Å². The molecule has 1 aromatic heterocycles. The third-order valence-electron chi connectivity index (χ3n) is 19.1. The molecule has 2 heterocycles. The van der Waals surface area contributed by atoms with Crippen LogP contribution < -0.4 is 81.4 Å². The number of aromatic nitrogens is 1. The first kappa shape index (κ1) is 94.8. The number of nitrogens with two attached hydrogens (primary N) is 4. The molecule has 0 radical (unpaired) electrons. The van der Waals surface area contributed by atoms with Gasteiger partial charge >= 0.3 is 0 Å². The molecule has 0 bridgehead atoms. The summed E-state index contributed by atoms with van der Waals surface area (Å²) < 4.78 is 0. The highest BCUT2D eigenvalue weighted by Crippen LogP contribution is 2.27. The molecule has 1 aliphatic heterocycles. The number of carbonyl (C=O) groups excluding carboxylic acids is 14. The zero-order chi connectivity index (χ0) is 85.0. The van der Waals surface area contributed by atoms with Gasteiger partial charge < -0.3 is 106 Å². The molecule has 0 spiro atoms. The number of benzene rings is 4. The largest absolute Gasteiger partial charge is 0.394 e. The van der Waals surface area contributed by atoms with E-state index in [-0.39, 0.29) is 83.2 Å². The van der Waals surface area contributed by atoms with Gasteiger partial charge in [-0.1, -0.05) is 122 Å². The van der Waals surface area contributed by atoms with Gasteiger partial charge in [-0.2, -0.15) is 0 Å². The molecule has 1 saturated heterocycles. The molecule has 34 nitrogen and oxygen atoms in total. The lowest BCUT2D eigenvalue weighted by molar-refractivity contribution is -0.138. The van der Waals surface area contributed by atoms with Crippen LogP contribution in [-0.2, 0) is 92.8 Å². The lowest BCUT2D eigenvalue weighted by Crippen LogP contribution is -2.63. The van der Waals surface area contributed by atoms with Gasteiger partial charge in [0.15, 0.2) is 17.0 Å². The Morgan fingerprint density at radius 3 is 1.41 bits per heavy atom. The van der Waals surface area contributed by atoms with Crippen LogP contribution in [0.15, 0.2) is 121 Å². The highest BCUT2D eigenvalue weighted by Gasteiger charge is 2.41. The third kappa shape index (κ3) is 31.2. The molecule has 5 aromatic rings. The number of aromatic amines is 1. The van der Waals surface area contributed by atoms with Crippen molar-refractivity contribution in [2.45, 2.75) is 219 Å². The van der Waals surface area contributed by atoms with Crippen molar-refractivity contribution in [2.75, 3.05) is 32.0 Å². The minimum Gasteiger partial charge on any atom is -0.394 e. The van der Waals surface area contributed by atoms with Crippen molar-refractivity contribution in [3.05, 3.63) is 144 Å². The van der Waals surface area contributed by atoms with Gasteiger partial charge in [-0.05, 0) is 114 Å². The maximum Gasteiger partial charge on any atom is 0.245 e. The van der Waals surface area contributed by atoms with Crippen LogP contribution in [0.5, 0.6) is 0 Å². The van der Waals surface area contributed by atoms with E-state index in [1.54, 1.807) is 121 Å². The molecule has 1 fully saturated rings. The number of primary amides is 1. The van der Waals surface area contributed by atoms with Gasteiger partial charge in [0.25, 0.3) is 0 Å². The molecule has 16 atom stereocenters. The maximum absolute atomic E-state index is 15.4. The number of para-hydroxylation sites is 1. The summed E-state index contributed by atoms with van der Waals surface area (Å²) in [5.74, 6) is -14.1. The maximum atomic E-state index is 15.4. The lowest BCUT2D eigenvalue weighted by atomic mass is 10.00. The zero-order valence-electron chi connectivity index (χ0n) is 65.6. The van der Waals surface area contributed by atoms with Gasteiger partial charge in [-0.3, -0.25) is 67.6 Å². The summed E-state index contributed by atoms with van der Waals surface area (Å²) in [5.41, 5.74) is 24.3. The van der Waals surface area contributed by atoms with E-state index in [0.717, 1.165) is 13.8 Å². The Kier molecular flexibility index (Phi) is 40.2. The minimum absolute atomic E-state index is 0.0357. The number of hydrogen-bond donors (Lipinski definition) is 20. The molecular formula is C80H112N16O18S2. The van der Waals surface area contributed by atoms with E-state index in [4.69, 9.17) is 22.9 Å². The fourth-order valence-corrected chi connectivity index (χ4v) is 15.2. The Labute approximate surface area is 681 Å². The Morgan fingerprint density at radius 1 is 0.509 bits per heavy atom. The van der Waals surface area contributed by atoms with Gasteiger partial charge in [0.1, 0.15) is 65.5 Å². The normalized spacial score (nSPS) is 24.2. The van der Waals surface area contributed by atoms with Crippen molar-refractivity contribution >= 4 is 117 Å². The summed E-state index contributed by atoms with van der Waals surface area (Å²) in [6.07, 6.45) is -1.48. The summed E-state index contributed by atoms with van der Waals surface area (Å²) in [5, 5.41) is 71.3. The fourth-order valence-electron chi connectivity index (χ4n) is 12.7. The summed E-state index contributed by atoms with van der Waals surface area (Å²) >= 11 is 1.05. The number of amides is 11. The van der Waals surface area contributed by atoms with Crippen molar-refractivity contribution in [3.63, 3.8) is 0 Å². The first-order valence-electron chi connectivity index (χ1n) is 38.8. The second-order valence-electron chi connectivity index (χ2n) is 28.7.